The Hall–Kier alpha value is -3.32. The Labute approximate surface area is 193 Å². The molecule has 1 aromatic heterocycles. The van der Waals surface area contributed by atoms with E-state index in [1.54, 1.807) is 31.4 Å². The van der Waals surface area contributed by atoms with Crippen LogP contribution in [0.25, 0.3) is 0 Å². The quantitative estimate of drug-likeness (QED) is 0.411. The smallest absolute Gasteiger partial charge is 0.258 e. The van der Waals surface area contributed by atoms with Gasteiger partial charge in [-0.15, -0.1) is 0 Å². The first kappa shape index (κ1) is 23.3. The van der Waals surface area contributed by atoms with E-state index < -0.39 is 0 Å². The molecule has 0 unspecified atom stereocenters. The first-order valence-corrected chi connectivity index (χ1v) is 10.8. The maximum atomic E-state index is 13.0. The van der Waals surface area contributed by atoms with Crippen LogP contribution in [0.5, 0.6) is 5.75 Å². The summed E-state index contributed by atoms with van der Waals surface area (Å²) in [5.74, 6) is 0.619. The van der Waals surface area contributed by atoms with E-state index in [2.05, 4.69) is 20.7 Å². The number of amides is 1. The number of carbonyl (C=O) groups excluding carboxylic acids is 1. The Bertz CT molecular complexity index is 1150. The predicted octanol–water partition coefficient (Wildman–Crippen LogP) is 4.89. The van der Waals surface area contributed by atoms with E-state index in [0.29, 0.717) is 34.5 Å². The van der Waals surface area contributed by atoms with Gasteiger partial charge < -0.3 is 10.1 Å². The molecule has 168 valence electrons. The van der Waals surface area contributed by atoms with Crippen molar-refractivity contribution in [2.24, 2.45) is 4.99 Å². The van der Waals surface area contributed by atoms with Crippen LogP contribution in [-0.2, 0) is 13.1 Å². The van der Waals surface area contributed by atoms with Crippen LogP contribution in [0.3, 0.4) is 0 Å². The van der Waals surface area contributed by atoms with Crippen molar-refractivity contribution in [1.82, 2.24) is 15.1 Å². The number of methoxy groups -OCH3 is 1. The number of rotatable bonds is 6. The largest absolute Gasteiger partial charge is 0.495 e. The highest BCUT2D eigenvalue weighted by Crippen LogP contribution is 2.27. The summed E-state index contributed by atoms with van der Waals surface area (Å²) in [6, 6.07) is 12.6. The molecule has 0 aliphatic carbocycles. The highest BCUT2D eigenvalue weighted by Gasteiger charge is 2.15. The molecule has 3 rings (SSSR count). The molecule has 2 N–H and O–H groups in total. The standard InChI is InChI=1S/C24H28ClN5O2/c1-6-30-17(4)20(16(3)29-30)14-26-24(27-21-13-18(25)11-12-22(21)32-5)28-23(31)19-10-8-7-9-15(19)2/h7-13H,6,14H2,1-5H3,(H2,26,27,28,31). The van der Waals surface area contributed by atoms with Crippen LogP contribution in [0.2, 0.25) is 5.02 Å². The topological polar surface area (TPSA) is 80.5 Å². The van der Waals surface area contributed by atoms with Crippen LogP contribution < -0.4 is 15.4 Å². The summed E-state index contributed by atoms with van der Waals surface area (Å²) in [6.07, 6.45) is 0. The van der Waals surface area contributed by atoms with Crippen molar-refractivity contribution < 1.29 is 9.53 Å². The Morgan fingerprint density at radius 1 is 1.19 bits per heavy atom. The van der Waals surface area contributed by atoms with Gasteiger partial charge in [0.05, 0.1) is 25.0 Å². The van der Waals surface area contributed by atoms with E-state index in [0.717, 1.165) is 29.1 Å². The maximum Gasteiger partial charge on any atom is 0.258 e. The molecule has 8 heteroatoms. The van der Waals surface area contributed by atoms with Gasteiger partial charge in [-0.2, -0.15) is 5.10 Å². The lowest BCUT2D eigenvalue weighted by Gasteiger charge is -2.15. The molecule has 0 radical (unpaired) electrons. The van der Waals surface area contributed by atoms with Crippen molar-refractivity contribution in [2.75, 3.05) is 12.4 Å². The number of anilines is 1. The highest BCUT2D eigenvalue weighted by molar-refractivity contribution is 6.31. The normalized spacial score (nSPS) is 11.4. The van der Waals surface area contributed by atoms with Gasteiger partial charge in [0, 0.05) is 28.4 Å². The van der Waals surface area contributed by atoms with Crippen molar-refractivity contribution in [3.63, 3.8) is 0 Å². The zero-order chi connectivity index (χ0) is 23.3. The number of hydrogen-bond acceptors (Lipinski definition) is 4. The number of aryl methyl sites for hydroxylation is 3. The molecule has 0 spiro atoms. The number of benzene rings is 2. The summed E-state index contributed by atoms with van der Waals surface area (Å²) in [4.78, 5) is 17.7. The van der Waals surface area contributed by atoms with Gasteiger partial charge in [0.25, 0.3) is 5.91 Å². The van der Waals surface area contributed by atoms with Crippen molar-refractivity contribution in [2.45, 2.75) is 40.8 Å². The number of ether oxygens (including phenoxy) is 1. The van der Waals surface area contributed by atoms with Gasteiger partial charge in [0.2, 0.25) is 5.96 Å². The van der Waals surface area contributed by atoms with E-state index in [1.165, 1.54) is 0 Å². The molecular weight excluding hydrogens is 426 g/mol. The number of guanidine groups is 1. The van der Waals surface area contributed by atoms with Gasteiger partial charge in [-0.1, -0.05) is 29.8 Å². The van der Waals surface area contributed by atoms with E-state index in [-0.39, 0.29) is 5.91 Å². The Balaban J connectivity index is 1.95. The molecule has 32 heavy (non-hydrogen) atoms. The van der Waals surface area contributed by atoms with Gasteiger partial charge in [-0.25, -0.2) is 4.99 Å². The number of hydrogen-bond donors (Lipinski definition) is 2. The highest BCUT2D eigenvalue weighted by atomic mass is 35.5. The summed E-state index contributed by atoms with van der Waals surface area (Å²) in [5.41, 5.74) is 5.04. The fourth-order valence-corrected chi connectivity index (χ4v) is 3.62. The summed E-state index contributed by atoms with van der Waals surface area (Å²) >= 11 is 6.18. The number of nitrogens with one attached hydrogen (secondary N) is 2. The number of aromatic nitrogens is 2. The number of aliphatic imine (C=N–C) groups is 1. The van der Waals surface area contributed by atoms with Gasteiger partial charge in [-0.05, 0) is 57.5 Å². The number of carbonyl (C=O) groups is 1. The van der Waals surface area contributed by atoms with E-state index in [9.17, 15) is 4.79 Å². The summed E-state index contributed by atoms with van der Waals surface area (Å²) in [6.45, 7) is 9.07. The summed E-state index contributed by atoms with van der Waals surface area (Å²) < 4.78 is 7.37. The van der Waals surface area contributed by atoms with Crippen molar-refractivity contribution in [1.29, 1.82) is 0 Å². The lowest BCUT2D eigenvalue weighted by atomic mass is 10.1. The Morgan fingerprint density at radius 2 is 1.94 bits per heavy atom. The zero-order valence-corrected chi connectivity index (χ0v) is 19.7. The molecule has 7 nitrogen and oxygen atoms in total. The Kier molecular flexibility index (Phi) is 7.53. The molecule has 0 saturated heterocycles. The van der Waals surface area contributed by atoms with Gasteiger partial charge >= 0.3 is 0 Å². The summed E-state index contributed by atoms with van der Waals surface area (Å²) in [7, 11) is 1.57. The molecular formula is C24H28ClN5O2. The summed E-state index contributed by atoms with van der Waals surface area (Å²) in [5, 5.41) is 11.2. The third-order valence-electron chi connectivity index (χ3n) is 5.26. The molecule has 2 aromatic carbocycles. The fraction of sp³-hybridized carbons (Fsp3) is 0.292. The second kappa shape index (κ2) is 10.3. The van der Waals surface area contributed by atoms with Crippen LogP contribution in [0.15, 0.2) is 47.5 Å². The first-order valence-electron chi connectivity index (χ1n) is 10.4. The second-order valence-corrected chi connectivity index (χ2v) is 7.81. The molecule has 0 aliphatic rings. The van der Waals surface area contributed by atoms with Crippen LogP contribution in [0, 0.1) is 20.8 Å². The SMILES string of the molecule is CCn1nc(C)c(CN=C(NC(=O)c2ccccc2C)Nc2cc(Cl)ccc2OC)c1C. The van der Waals surface area contributed by atoms with Gasteiger partial charge in [0.1, 0.15) is 5.75 Å². The minimum absolute atomic E-state index is 0.256. The van der Waals surface area contributed by atoms with E-state index >= 15 is 0 Å². The molecule has 0 atom stereocenters. The van der Waals surface area contributed by atoms with Crippen molar-refractivity contribution in [3.8, 4) is 5.75 Å². The van der Waals surface area contributed by atoms with Gasteiger partial charge in [-0.3, -0.25) is 14.8 Å². The predicted molar refractivity (Wildman–Crippen MR) is 129 cm³/mol. The first-order chi connectivity index (χ1) is 15.3. The van der Waals surface area contributed by atoms with Crippen LogP contribution in [-0.4, -0.2) is 28.8 Å². The fourth-order valence-electron chi connectivity index (χ4n) is 3.45. The van der Waals surface area contributed by atoms with E-state index in [1.807, 2.05) is 50.6 Å². The monoisotopic (exact) mass is 453 g/mol. The molecule has 1 amide bonds. The van der Waals surface area contributed by atoms with Crippen LogP contribution >= 0.6 is 11.6 Å². The second-order valence-electron chi connectivity index (χ2n) is 7.37. The molecule has 0 fully saturated rings. The van der Waals surface area contributed by atoms with Crippen molar-refractivity contribution >= 4 is 29.2 Å². The lowest BCUT2D eigenvalue weighted by Crippen LogP contribution is -2.36. The average molecular weight is 454 g/mol. The molecule has 3 aromatic rings. The van der Waals surface area contributed by atoms with Crippen molar-refractivity contribution in [3.05, 3.63) is 75.6 Å². The molecule has 0 bridgehead atoms. The minimum Gasteiger partial charge on any atom is -0.495 e. The molecule has 0 saturated carbocycles. The minimum atomic E-state index is -0.256. The molecule has 1 heterocycles. The van der Waals surface area contributed by atoms with Gasteiger partial charge in [0.15, 0.2) is 0 Å². The Morgan fingerprint density at radius 3 is 2.59 bits per heavy atom. The van der Waals surface area contributed by atoms with Crippen LogP contribution in [0.1, 0.15) is 39.8 Å². The average Bonchev–Trinajstić information content (AvgIpc) is 3.05. The third kappa shape index (κ3) is 5.29. The van der Waals surface area contributed by atoms with Crippen LogP contribution in [0.4, 0.5) is 5.69 Å². The molecule has 0 aliphatic heterocycles. The van der Waals surface area contributed by atoms with E-state index in [4.69, 9.17) is 16.3 Å². The lowest BCUT2D eigenvalue weighted by molar-refractivity contribution is 0.0976. The number of nitrogens with zero attached hydrogens (tertiary/aromatic N) is 3. The zero-order valence-electron chi connectivity index (χ0n) is 19.0. The third-order valence-corrected chi connectivity index (χ3v) is 5.50. The maximum absolute atomic E-state index is 13.0. The number of halogens is 1.